The average molecular weight is 415 g/mol. The van der Waals surface area contributed by atoms with Crippen molar-refractivity contribution in [2.45, 2.75) is 18.7 Å². The Labute approximate surface area is 166 Å². The summed E-state index contributed by atoms with van der Waals surface area (Å²) in [5.41, 5.74) is 7.34. The van der Waals surface area contributed by atoms with Crippen molar-refractivity contribution in [3.63, 3.8) is 0 Å². The third-order valence-corrected chi connectivity index (χ3v) is 5.03. The van der Waals surface area contributed by atoms with Gasteiger partial charge in [0.1, 0.15) is 10.7 Å². The number of benzene rings is 2. The molecule has 0 saturated carbocycles. The van der Waals surface area contributed by atoms with E-state index < -0.39 is 15.0 Å². The van der Waals surface area contributed by atoms with Crippen molar-refractivity contribution in [2.24, 2.45) is 5.16 Å². The second-order valence-corrected chi connectivity index (χ2v) is 7.72. The third-order valence-electron chi connectivity index (χ3n) is 3.91. The molecular formula is C18H17N5O5S. The Hall–Kier alpha value is -3.73. The number of nitrogens with two attached hydrogens (primary N) is 1. The molecule has 0 aliphatic rings. The molecule has 0 unspecified atom stereocenters. The van der Waals surface area contributed by atoms with E-state index in [-0.39, 0.29) is 27.8 Å². The summed E-state index contributed by atoms with van der Waals surface area (Å²) in [6, 6.07) is 13.0. The zero-order valence-electron chi connectivity index (χ0n) is 15.5. The maximum atomic E-state index is 12.5. The second-order valence-electron chi connectivity index (χ2n) is 6.19. The standard InChI is InChI=1S/C18H17N5O5S/c1-12-6-8-16(9-7-12)29(26,27)28-21-18(22-17(19)10-13(2)20-22)14-4-3-5-15(11-14)23(24)25/h3-11H,19H2,1-2H3. The lowest BCUT2D eigenvalue weighted by Crippen LogP contribution is -2.19. The van der Waals surface area contributed by atoms with Crippen LogP contribution in [-0.4, -0.2) is 29.0 Å². The lowest BCUT2D eigenvalue weighted by atomic mass is 10.2. The fourth-order valence-corrected chi connectivity index (χ4v) is 3.22. The van der Waals surface area contributed by atoms with Crippen molar-refractivity contribution in [3.8, 4) is 0 Å². The number of anilines is 1. The highest BCUT2D eigenvalue weighted by atomic mass is 32.2. The van der Waals surface area contributed by atoms with Gasteiger partial charge in [0, 0.05) is 23.8 Å². The number of rotatable bonds is 5. The Morgan fingerprint density at radius 3 is 2.45 bits per heavy atom. The van der Waals surface area contributed by atoms with E-state index in [1.54, 1.807) is 25.1 Å². The van der Waals surface area contributed by atoms with Crippen LogP contribution in [0.3, 0.4) is 0 Å². The topological polar surface area (TPSA) is 143 Å². The van der Waals surface area contributed by atoms with E-state index in [1.807, 2.05) is 6.92 Å². The number of nitrogens with zero attached hydrogens (tertiary/aromatic N) is 4. The minimum absolute atomic E-state index is 0.0881. The summed E-state index contributed by atoms with van der Waals surface area (Å²) < 4.78 is 31.0. The molecule has 0 saturated heterocycles. The van der Waals surface area contributed by atoms with E-state index in [4.69, 9.17) is 10.0 Å². The molecular weight excluding hydrogens is 398 g/mol. The highest BCUT2D eigenvalue weighted by Gasteiger charge is 2.20. The minimum Gasteiger partial charge on any atom is -0.384 e. The number of non-ortho nitro benzene ring substituents is 1. The van der Waals surface area contributed by atoms with Gasteiger partial charge in [-0.3, -0.25) is 14.4 Å². The number of hydrogen-bond donors (Lipinski definition) is 1. The van der Waals surface area contributed by atoms with Gasteiger partial charge in [0.15, 0.2) is 0 Å². The maximum Gasteiger partial charge on any atom is 0.358 e. The fourth-order valence-electron chi connectivity index (χ4n) is 2.49. The molecule has 2 aromatic carbocycles. The largest absolute Gasteiger partial charge is 0.384 e. The molecule has 0 bridgehead atoms. The molecule has 10 nitrogen and oxygen atoms in total. The molecule has 1 aromatic heterocycles. The molecule has 2 N–H and O–H groups in total. The number of aryl methyl sites for hydroxylation is 2. The van der Waals surface area contributed by atoms with Gasteiger partial charge in [0.2, 0.25) is 5.84 Å². The Morgan fingerprint density at radius 2 is 1.86 bits per heavy atom. The fraction of sp³-hybridized carbons (Fsp3) is 0.111. The zero-order valence-corrected chi connectivity index (χ0v) is 16.3. The first kappa shape index (κ1) is 20.0. The summed E-state index contributed by atoms with van der Waals surface area (Å²) in [5, 5.41) is 19.0. The highest BCUT2D eigenvalue weighted by Crippen LogP contribution is 2.19. The smallest absolute Gasteiger partial charge is 0.358 e. The third kappa shape index (κ3) is 4.41. The van der Waals surface area contributed by atoms with Gasteiger partial charge in [0.25, 0.3) is 5.69 Å². The number of hydrogen-bond acceptors (Lipinski definition) is 8. The molecule has 3 rings (SSSR count). The zero-order chi connectivity index (χ0) is 21.2. The van der Waals surface area contributed by atoms with Crippen LogP contribution in [0, 0.1) is 24.0 Å². The molecule has 0 radical (unpaired) electrons. The lowest BCUT2D eigenvalue weighted by Gasteiger charge is -2.09. The summed E-state index contributed by atoms with van der Waals surface area (Å²) in [4.78, 5) is 10.4. The van der Waals surface area contributed by atoms with Crippen LogP contribution in [0.1, 0.15) is 16.8 Å². The lowest BCUT2D eigenvalue weighted by molar-refractivity contribution is -0.384. The SMILES string of the molecule is Cc1ccc(S(=O)(=O)ON=C(c2cccc([N+](=O)[O-])c2)n2nc(C)cc2N)cc1. The summed E-state index contributed by atoms with van der Waals surface area (Å²) in [7, 11) is -4.22. The summed E-state index contributed by atoms with van der Waals surface area (Å²) >= 11 is 0. The van der Waals surface area contributed by atoms with Crippen LogP contribution in [0.15, 0.2) is 64.6 Å². The Balaban J connectivity index is 2.08. The van der Waals surface area contributed by atoms with E-state index in [1.165, 1.54) is 36.4 Å². The van der Waals surface area contributed by atoms with Crippen LogP contribution >= 0.6 is 0 Å². The van der Waals surface area contributed by atoms with Crippen LogP contribution in [0.2, 0.25) is 0 Å². The van der Waals surface area contributed by atoms with E-state index in [9.17, 15) is 18.5 Å². The van der Waals surface area contributed by atoms with E-state index in [0.717, 1.165) is 10.2 Å². The molecule has 3 aromatic rings. The molecule has 150 valence electrons. The Kier molecular flexibility index (Phi) is 5.33. The molecule has 0 aliphatic heterocycles. The van der Waals surface area contributed by atoms with Crippen molar-refractivity contribution >= 4 is 27.5 Å². The van der Waals surface area contributed by atoms with Gasteiger partial charge in [-0.05, 0) is 31.1 Å². The van der Waals surface area contributed by atoms with Gasteiger partial charge < -0.3 is 5.73 Å². The van der Waals surface area contributed by atoms with Gasteiger partial charge in [0.05, 0.1) is 10.6 Å². The molecule has 0 amide bonds. The van der Waals surface area contributed by atoms with Crippen LogP contribution in [0.4, 0.5) is 11.5 Å². The van der Waals surface area contributed by atoms with Crippen molar-refractivity contribution in [3.05, 3.63) is 81.5 Å². The molecule has 11 heteroatoms. The van der Waals surface area contributed by atoms with Gasteiger partial charge in [-0.2, -0.15) is 18.2 Å². The van der Waals surface area contributed by atoms with Crippen molar-refractivity contribution in [2.75, 3.05) is 5.73 Å². The van der Waals surface area contributed by atoms with Gasteiger partial charge in [-0.1, -0.05) is 29.8 Å². The molecule has 0 fully saturated rings. The first-order valence-corrected chi connectivity index (χ1v) is 9.74. The maximum absolute atomic E-state index is 12.5. The number of nitro groups is 1. The quantitative estimate of drug-likeness (QED) is 0.292. The second kappa shape index (κ2) is 7.72. The molecule has 29 heavy (non-hydrogen) atoms. The Bertz CT molecular complexity index is 1200. The summed E-state index contributed by atoms with van der Waals surface area (Å²) in [6.45, 7) is 3.50. The Morgan fingerprint density at radius 1 is 1.17 bits per heavy atom. The molecule has 0 spiro atoms. The predicted octanol–water partition coefficient (Wildman–Crippen LogP) is 2.61. The summed E-state index contributed by atoms with van der Waals surface area (Å²) in [6.07, 6.45) is 0. The van der Waals surface area contributed by atoms with Gasteiger partial charge >= 0.3 is 10.1 Å². The average Bonchev–Trinajstić information content (AvgIpc) is 3.00. The van der Waals surface area contributed by atoms with E-state index in [2.05, 4.69) is 10.3 Å². The number of oxime groups is 1. The summed E-state index contributed by atoms with van der Waals surface area (Å²) in [5.74, 6) is 0.0408. The monoisotopic (exact) mass is 415 g/mol. The van der Waals surface area contributed by atoms with Gasteiger partial charge in [-0.25, -0.2) is 0 Å². The normalized spacial score (nSPS) is 12.0. The number of nitrogen functional groups attached to an aromatic ring is 1. The van der Waals surface area contributed by atoms with E-state index >= 15 is 0 Å². The first-order valence-electron chi connectivity index (χ1n) is 8.33. The number of aromatic nitrogens is 2. The van der Waals surface area contributed by atoms with Crippen LogP contribution < -0.4 is 5.73 Å². The highest BCUT2D eigenvalue weighted by molar-refractivity contribution is 7.86. The van der Waals surface area contributed by atoms with Crippen molar-refractivity contribution in [1.29, 1.82) is 0 Å². The minimum atomic E-state index is -4.22. The molecule has 0 atom stereocenters. The predicted molar refractivity (Wildman–Crippen MR) is 106 cm³/mol. The van der Waals surface area contributed by atoms with Gasteiger partial charge in [-0.15, -0.1) is 0 Å². The van der Waals surface area contributed by atoms with Crippen molar-refractivity contribution < 1.29 is 17.6 Å². The first-order chi connectivity index (χ1) is 13.7. The van der Waals surface area contributed by atoms with Crippen LogP contribution in [-0.2, 0) is 14.4 Å². The van der Waals surface area contributed by atoms with E-state index in [0.29, 0.717) is 5.69 Å². The molecule has 0 aliphatic carbocycles. The van der Waals surface area contributed by atoms with Crippen LogP contribution in [0.5, 0.6) is 0 Å². The van der Waals surface area contributed by atoms with Crippen molar-refractivity contribution in [1.82, 2.24) is 9.78 Å². The van der Waals surface area contributed by atoms with Crippen LogP contribution in [0.25, 0.3) is 0 Å². The molecule has 1 heterocycles. The number of nitro benzene ring substituents is 1.